The number of carbonyl (C=O) groups is 1. The van der Waals surface area contributed by atoms with Crippen molar-refractivity contribution in [3.05, 3.63) is 12.5 Å². The molecule has 1 heterocycles. The Hall–Kier alpha value is -1.37. The number of hydrogen-bond acceptors (Lipinski definition) is 4. The second-order valence-electron chi connectivity index (χ2n) is 2.29. The average Bonchev–Trinajstić information content (AvgIpc) is 2.54. The Morgan fingerprint density at radius 3 is 2.31 bits per heavy atom. The van der Waals surface area contributed by atoms with Crippen LogP contribution in [0.4, 0.5) is 8.78 Å². The monoisotopic (exact) mass is 196 g/mol. The number of carboxylic acids is 1. The fourth-order valence-electron chi connectivity index (χ4n) is 0.697. The zero-order chi connectivity index (χ0) is 10.1. The molecule has 0 aliphatic carbocycles. The highest BCUT2D eigenvalue weighted by Gasteiger charge is 2.53. The van der Waals surface area contributed by atoms with E-state index < -0.39 is 24.3 Å². The lowest BCUT2D eigenvalue weighted by atomic mass is 10.2. The minimum atomic E-state index is -4.29. The maximum atomic E-state index is 12.6. The van der Waals surface area contributed by atoms with Crippen molar-refractivity contribution < 1.29 is 33.3 Å². The van der Waals surface area contributed by atoms with Crippen molar-refractivity contribution in [3.8, 4) is 0 Å². The van der Waals surface area contributed by atoms with E-state index in [2.05, 4.69) is 9.47 Å². The SMILES string of the molecule is O=C(O)C(F)(F)C(O)C1OC=CO1. The van der Waals surface area contributed by atoms with Crippen LogP contribution in [-0.2, 0) is 14.3 Å². The Labute approximate surface area is 71.2 Å². The summed E-state index contributed by atoms with van der Waals surface area (Å²) in [7, 11) is 0. The zero-order valence-electron chi connectivity index (χ0n) is 6.18. The minimum absolute atomic E-state index is 0.936. The van der Waals surface area contributed by atoms with Crippen molar-refractivity contribution in [2.45, 2.75) is 18.3 Å². The third-order valence-corrected chi connectivity index (χ3v) is 1.40. The molecule has 1 rings (SSSR count). The fourth-order valence-corrected chi connectivity index (χ4v) is 0.697. The minimum Gasteiger partial charge on any atom is -0.477 e. The Kier molecular flexibility index (Phi) is 2.37. The van der Waals surface area contributed by atoms with Gasteiger partial charge in [0.25, 0.3) is 6.29 Å². The standard InChI is InChI=1S/C6H6F2O5/c7-6(8,5(10)11)3(9)4-12-1-2-13-4/h1-4,9H,(H,10,11). The second kappa shape index (κ2) is 3.17. The normalized spacial score (nSPS) is 19.3. The van der Waals surface area contributed by atoms with Gasteiger partial charge in [-0.25, -0.2) is 4.79 Å². The zero-order valence-corrected chi connectivity index (χ0v) is 6.18. The van der Waals surface area contributed by atoms with Gasteiger partial charge in [-0.05, 0) is 0 Å². The van der Waals surface area contributed by atoms with Crippen LogP contribution in [0.3, 0.4) is 0 Å². The maximum absolute atomic E-state index is 12.6. The first-order valence-corrected chi connectivity index (χ1v) is 3.21. The Morgan fingerprint density at radius 1 is 1.46 bits per heavy atom. The summed E-state index contributed by atoms with van der Waals surface area (Å²) in [5, 5.41) is 16.9. The van der Waals surface area contributed by atoms with Gasteiger partial charge in [-0.3, -0.25) is 0 Å². The first-order valence-electron chi connectivity index (χ1n) is 3.21. The van der Waals surface area contributed by atoms with Crippen LogP contribution in [0.1, 0.15) is 0 Å². The molecule has 7 heteroatoms. The van der Waals surface area contributed by atoms with Gasteiger partial charge >= 0.3 is 11.9 Å². The van der Waals surface area contributed by atoms with Gasteiger partial charge in [-0.15, -0.1) is 0 Å². The summed E-state index contributed by atoms with van der Waals surface area (Å²) in [5.74, 6) is -6.73. The van der Waals surface area contributed by atoms with Crippen LogP contribution >= 0.6 is 0 Å². The smallest absolute Gasteiger partial charge is 0.377 e. The van der Waals surface area contributed by atoms with Crippen LogP contribution in [0, 0.1) is 0 Å². The fraction of sp³-hybridized carbons (Fsp3) is 0.500. The summed E-state index contributed by atoms with van der Waals surface area (Å²) in [6.45, 7) is 0. The predicted octanol–water partition coefficient (Wildman–Crippen LogP) is -0.0887. The number of carboxylic acid groups (broad SMARTS) is 1. The number of aliphatic carboxylic acids is 1. The topological polar surface area (TPSA) is 76.0 Å². The first-order chi connectivity index (χ1) is 5.96. The van der Waals surface area contributed by atoms with E-state index in [4.69, 9.17) is 10.2 Å². The quantitative estimate of drug-likeness (QED) is 0.659. The number of rotatable bonds is 3. The van der Waals surface area contributed by atoms with Crippen molar-refractivity contribution >= 4 is 5.97 Å². The molecule has 0 bridgehead atoms. The van der Waals surface area contributed by atoms with Crippen molar-refractivity contribution in [2.75, 3.05) is 0 Å². The summed E-state index contributed by atoms with van der Waals surface area (Å²) in [6.07, 6.45) is -2.34. The largest absolute Gasteiger partial charge is 0.477 e. The van der Waals surface area contributed by atoms with Gasteiger partial charge in [0.2, 0.25) is 6.10 Å². The molecule has 0 aromatic rings. The van der Waals surface area contributed by atoms with Crippen LogP contribution in [0.25, 0.3) is 0 Å². The lowest BCUT2D eigenvalue weighted by Gasteiger charge is -2.22. The summed E-state index contributed by atoms with van der Waals surface area (Å²) in [6, 6.07) is 0. The molecule has 0 aromatic carbocycles. The molecule has 1 aliphatic rings. The molecule has 0 saturated heterocycles. The molecular formula is C6H6F2O5. The summed E-state index contributed by atoms with van der Waals surface area (Å²) >= 11 is 0. The Morgan fingerprint density at radius 2 is 1.92 bits per heavy atom. The lowest BCUT2D eigenvalue weighted by molar-refractivity contribution is -0.217. The van der Waals surface area contributed by atoms with Crippen LogP contribution in [0.2, 0.25) is 0 Å². The van der Waals surface area contributed by atoms with Gasteiger partial charge in [0.15, 0.2) is 0 Å². The number of alkyl halides is 2. The van der Waals surface area contributed by atoms with Crippen molar-refractivity contribution in [2.24, 2.45) is 0 Å². The van der Waals surface area contributed by atoms with E-state index in [9.17, 15) is 13.6 Å². The third kappa shape index (κ3) is 1.69. The molecule has 1 unspecified atom stereocenters. The van der Waals surface area contributed by atoms with Gasteiger partial charge in [-0.1, -0.05) is 0 Å². The van der Waals surface area contributed by atoms with E-state index in [0.717, 1.165) is 12.5 Å². The molecule has 13 heavy (non-hydrogen) atoms. The molecule has 0 saturated carbocycles. The molecule has 0 fully saturated rings. The molecule has 0 radical (unpaired) electrons. The van der Waals surface area contributed by atoms with Gasteiger partial charge in [0.1, 0.15) is 12.5 Å². The maximum Gasteiger partial charge on any atom is 0.377 e. The van der Waals surface area contributed by atoms with Crippen molar-refractivity contribution in [3.63, 3.8) is 0 Å². The molecule has 74 valence electrons. The van der Waals surface area contributed by atoms with Gasteiger partial charge < -0.3 is 19.7 Å². The number of ether oxygens (including phenoxy) is 2. The number of aliphatic hydroxyl groups is 1. The van der Waals surface area contributed by atoms with Crippen LogP contribution in [-0.4, -0.2) is 34.5 Å². The molecule has 0 amide bonds. The Balaban J connectivity index is 2.65. The predicted molar refractivity (Wildman–Crippen MR) is 33.7 cm³/mol. The lowest BCUT2D eigenvalue weighted by Crippen LogP contribution is -2.48. The molecule has 1 atom stereocenters. The molecule has 0 spiro atoms. The van der Waals surface area contributed by atoms with Gasteiger partial charge in [0, 0.05) is 0 Å². The summed E-state index contributed by atoms with van der Waals surface area (Å²) in [4.78, 5) is 9.98. The molecule has 2 N–H and O–H groups in total. The molecular weight excluding hydrogens is 190 g/mol. The van der Waals surface area contributed by atoms with Crippen molar-refractivity contribution in [1.29, 1.82) is 0 Å². The van der Waals surface area contributed by atoms with Crippen molar-refractivity contribution in [1.82, 2.24) is 0 Å². The number of halogens is 2. The first kappa shape index (κ1) is 9.72. The highest BCUT2D eigenvalue weighted by molar-refractivity contribution is 5.76. The number of hydrogen-bond donors (Lipinski definition) is 2. The van der Waals surface area contributed by atoms with Crippen LogP contribution in [0.15, 0.2) is 12.5 Å². The number of aliphatic hydroxyl groups excluding tert-OH is 1. The van der Waals surface area contributed by atoms with E-state index in [-0.39, 0.29) is 0 Å². The van der Waals surface area contributed by atoms with E-state index in [1.807, 2.05) is 0 Å². The van der Waals surface area contributed by atoms with E-state index in [1.54, 1.807) is 0 Å². The highest BCUT2D eigenvalue weighted by atomic mass is 19.3. The molecule has 5 nitrogen and oxygen atoms in total. The summed E-state index contributed by atoms with van der Waals surface area (Å²) < 4.78 is 33.8. The second-order valence-corrected chi connectivity index (χ2v) is 2.29. The van der Waals surface area contributed by atoms with E-state index in [1.165, 1.54) is 0 Å². The van der Waals surface area contributed by atoms with E-state index >= 15 is 0 Å². The van der Waals surface area contributed by atoms with E-state index in [0.29, 0.717) is 0 Å². The van der Waals surface area contributed by atoms with Crippen LogP contribution < -0.4 is 0 Å². The average molecular weight is 196 g/mol. The molecule has 0 aromatic heterocycles. The summed E-state index contributed by atoms with van der Waals surface area (Å²) in [5.41, 5.74) is 0. The third-order valence-electron chi connectivity index (χ3n) is 1.40. The van der Waals surface area contributed by atoms with Gasteiger partial charge in [0.05, 0.1) is 0 Å². The highest BCUT2D eigenvalue weighted by Crippen LogP contribution is 2.25. The van der Waals surface area contributed by atoms with Crippen LogP contribution in [0.5, 0.6) is 0 Å². The van der Waals surface area contributed by atoms with Gasteiger partial charge in [-0.2, -0.15) is 8.78 Å². The Bertz CT molecular complexity index is 231. The molecule has 1 aliphatic heterocycles.